The topological polar surface area (TPSA) is 84.7 Å². The number of nitrogens with zero attached hydrogens (tertiary/aromatic N) is 3. The van der Waals surface area contributed by atoms with E-state index < -0.39 is 5.41 Å². The van der Waals surface area contributed by atoms with Gasteiger partial charge in [-0.25, -0.2) is 0 Å². The largest absolute Gasteiger partial charge is 0.369 e. The maximum atomic E-state index is 12.9. The molecule has 4 rings (SSSR count). The summed E-state index contributed by atoms with van der Waals surface area (Å²) in [6.45, 7) is 8.19. The van der Waals surface area contributed by atoms with E-state index in [2.05, 4.69) is 35.8 Å². The van der Waals surface area contributed by atoms with Gasteiger partial charge in [0, 0.05) is 35.7 Å². The first-order valence-electron chi connectivity index (χ1n) is 11.1. The second-order valence-electron chi connectivity index (χ2n) is 9.09. The Morgan fingerprint density at radius 1 is 1.06 bits per heavy atom. The first-order valence-corrected chi connectivity index (χ1v) is 11.1. The molecule has 3 aromatic rings. The fourth-order valence-electron chi connectivity index (χ4n) is 3.99. The van der Waals surface area contributed by atoms with E-state index in [0.717, 1.165) is 43.1 Å². The van der Waals surface area contributed by atoms with E-state index in [1.54, 1.807) is 0 Å². The molecule has 0 aliphatic carbocycles. The van der Waals surface area contributed by atoms with E-state index in [4.69, 9.17) is 10.3 Å². The average molecular weight is 431 g/mol. The van der Waals surface area contributed by atoms with Gasteiger partial charge in [0.15, 0.2) is 11.7 Å². The lowest BCUT2D eigenvalue weighted by atomic mass is 9.80. The van der Waals surface area contributed by atoms with E-state index in [1.165, 1.54) is 0 Å². The Labute approximate surface area is 189 Å². The summed E-state index contributed by atoms with van der Waals surface area (Å²) in [6.07, 6.45) is 2.23. The molecule has 0 bridgehead atoms. The lowest BCUT2D eigenvalue weighted by molar-refractivity contribution is 0.103. The summed E-state index contributed by atoms with van der Waals surface area (Å²) in [5.74, 6) is 1.58. The molecule has 0 spiro atoms. The highest BCUT2D eigenvalue weighted by Gasteiger charge is 2.28. The van der Waals surface area contributed by atoms with Crippen molar-refractivity contribution < 1.29 is 9.32 Å². The number of hydrogen-bond donors (Lipinski definition) is 1. The molecule has 2 heterocycles. The van der Waals surface area contributed by atoms with Crippen molar-refractivity contribution in [2.45, 2.75) is 39.0 Å². The van der Waals surface area contributed by atoms with Crippen LogP contribution in [0.3, 0.4) is 0 Å². The Morgan fingerprint density at radius 3 is 2.47 bits per heavy atom. The van der Waals surface area contributed by atoms with Gasteiger partial charge in [-0.2, -0.15) is 4.99 Å². The molecule has 1 aliphatic rings. The summed E-state index contributed by atoms with van der Waals surface area (Å²) in [4.78, 5) is 19.4. The van der Waals surface area contributed by atoms with Gasteiger partial charge in [0.25, 0.3) is 5.88 Å². The molecule has 6 nitrogen and oxygen atoms in total. The van der Waals surface area contributed by atoms with Crippen molar-refractivity contribution >= 4 is 17.6 Å². The number of rotatable bonds is 5. The molecule has 2 N–H and O–H groups in total. The number of benzene rings is 2. The molecule has 1 aromatic heterocycles. The van der Waals surface area contributed by atoms with Crippen molar-refractivity contribution in [2.24, 2.45) is 16.6 Å². The van der Waals surface area contributed by atoms with Crippen LogP contribution in [0.5, 0.6) is 0 Å². The fraction of sp³-hybridized carbons (Fsp3) is 0.346. The summed E-state index contributed by atoms with van der Waals surface area (Å²) < 4.78 is 5.49. The molecule has 6 heteroatoms. The minimum atomic E-state index is -0.473. The number of aliphatic imine (C=N–C) groups is 1. The number of carbonyl (C=O) groups is 1. The minimum Gasteiger partial charge on any atom is -0.369 e. The van der Waals surface area contributed by atoms with Crippen LogP contribution >= 0.6 is 0 Å². The van der Waals surface area contributed by atoms with Crippen LogP contribution in [0.1, 0.15) is 60.8 Å². The van der Waals surface area contributed by atoms with Gasteiger partial charge >= 0.3 is 0 Å². The zero-order valence-corrected chi connectivity index (χ0v) is 18.9. The van der Waals surface area contributed by atoms with Gasteiger partial charge in [0.2, 0.25) is 0 Å². The Bertz CT molecular complexity index is 1110. The van der Waals surface area contributed by atoms with E-state index in [9.17, 15) is 4.79 Å². The lowest BCUT2D eigenvalue weighted by Gasteiger charge is -2.30. The molecular formula is C26H30N4O2. The number of nitrogens with two attached hydrogens (primary N) is 1. The Balaban J connectivity index is 1.55. The van der Waals surface area contributed by atoms with Crippen LogP contribution in [0.25, 0.3) is 0 Å². The molecule has 1 fully saturated rings. The van der Waals surface area contributed by atoms with Gasteiger partial charge in [-0.05, 0) is 30.4 Å². The fourth-order valence-corrected chi connectivity index (χ4v) is 3.99. The second kappa shape index (κ2) is 8.99. The maximum Gasteiger partial charge on any atom is 0.253 e. The van der Waals surface area contributed by atoms with Crippen LogP contribution in [0.15, 0.2) is 70.2 Å². The third-order valence-electron chi connectivity index (χ3n) is 6.35. The van der Waals surface area contributed by atoms with E-state index in [1.807, 2.05) is 60.7 Å². The predicted molar refractivity (Wildman–Crippen MR) is 126 cm³/mol. The van der Waals surface area contributed by atoms with Crippen molar-refractivity contribution in [3.8, 4) is 0 Å². The monoisotopic (exact) mass is 430 g/mol. The number of ketones is 1. The quantitative estimate of drug-likeness (QED) is 0.353. The summed E-state index contributed by atoms with van der Waals surface area (Å²) >= 11 is 0. The van der Waals surface area contributed by atoms with Gasteiger partial charge in [0.1, 0.15) is 0 Å². The zero-order valence-electron chi connectivity index (χ0n) is 18.9. The summed E-state index contributed by atoms with van der Waals surface area (Å²) in [7, 11) is 0. The highest BCUT2D eigenvalue weighted by atomic mass is 16.5. The Hall–Kier alpha value is -3.41. The van der Waals surface area contributed by atoms with Crippen LogP contribution in [0, 0.1) is 5.92 Å². The van der Waals surface area contributed by atoms with E-state index in [0.29, 0.717) is 23.0 Å². The van der Waals surface area contributed by atoms with Gasteiger partial charge in [-0.3, -0.25) is 4.79 Å². The van der Waals surface area contributed by atoms with Crippen LogP contribution in [0.2, 0.25) is 0 Å². The molecule has 0 radical (unpaired) electrons. The highest BCUT2D eigenvalue weighted by molar-refractivity contribution is 6.09. The van der Waals surface area contributed by atoms with Crippen LogP contribution in [-0.4, -0.2) is 34.9 Å². The molecule has 2 aromatic carbocycles. The smallest absolute Gasteiger partial charge is 0.253 e. The molecule has 32 heavy (non-hydrogen) atoms. The van der Waals surface area contributed by atoms with Crippen molar-refractivity contribution in [1.82, 2.24) is 10.1 Å². The number of piperidine rings is 1. The predicted octanol–water partition coefficient (Wildman–Crippen LogP) is 4.91. The molecule has 1 aliphatic heterocycles. The standard InChI is InChI=1S/C26H30N4O2/c1-18-12-14-30(15-13-18)25(27)28-23-17-22(29-32-23)26(2,3)21-11-7-10-20(16-21)24(31)19-8-5-4-6-9-19/h4-11,16-18H,12-15H2,1-3H3,(H2,27,28). The molecular weight excluding hydrogens is 400 g/mol. The SMILES string of the molecule is CC1CCN(C(N)=Nc2cc(C(C)(C)c3cccc(C(=O)c4ccccc4)c3)no2)CC1. The average Bonchev–Trinajstić information content (AvgIpc) is 3.29. The third-order valence-corrected chi connectivity index (χ3v) is 6.35. The third kappa shape index (κ3) is 4.59. The summed E-state index contributed by atoms with van der Waals surface area (Å²) in [5.41, 5.74) is 8.77. The molecule has 0 unspecified atom stereocenters. The minimum absolute atomic E-state index is 0.00249. The van der Waals surface area contributed by atoms with E-state index >= 15 is 0 Å². The highest BCUT2D eigenvalue weighted by Crippen LogP contribution is 2.33. The Kier molecular flexibility index (Phi) is 6.12. The number of hydrogen-bond acceptors (Lipinski definition) is 4. The van der Waals surface area contributed by atoms with Crippen LogP contribution in [0.4, 0.5) is 5.88 Å². The number of likely N-dealkylation sites (tertiary alicyclic amines) is 1. The maximum absolute atomic E-state index is 12.9. The Morgan fingerprint density at radius 2 is 1.75 bits per heavy atom. The van der Waals surface area contributed by atoms with Crippen LogP contribution in [-0.2, 0) is 5.41 Å². The first-order chi connectivity index (χ1) is 15.3. The molecule has 166 valence electrons. The lowest BCUT2D eigenvalue weighted by Crippen LogP contribution is -2.42. The van der Waals surface area contributed by atoms with Crippen molar-refractivity contribution in [3.63, 3.8) is 0 Å². The van der Waals surface area contributed by atoms with Gasteiger partial charge in [0.05, 0.1) is 5.69 Å². The number of aromatic nitrogens is 1. The van der Waals surface area contributed by atoms with Gasteiger partial charge in [-0.15, -0.1) is 0 Å². The first kappa shape index (κ1) is 21.8. The normalized spacial score (nSPS) is 15.7. The summed E-state index contributed by atoms with van der Waals surface area (Å²) in [5, 5.41) is 4.27. The van der Waals surface area contributed by atoms with Crippen molar-refractivity contribution in [3.05, 3.63) is 83.0 Å². The van der Waals surface area contributed by atoms with E-state index in [-0.39, 0.29) is 5.78 Å². The van der Waals surface area contributed by atoms with Crippen molar-refractivity contribution in [2.75, 3.05) is 13.1 Å². The van der Waals surface area contributed by atoms with Gasteiger partial charge < -0.3 is 15.2 Å². The molecule has 1 saturated heterocycles. The molecule has 0 atom stereocenters. The molecule has 0 amide bonds. The number of guanidine groups is 1. The second-order valence-corrected chi connectivity index (χ2v) is 9.09. The summed E-state index contributed by atoms with van der Waals surface area (Å²) in [6, 6.07) is 18.8. The number of carbonyl (C=O) groups excluding carboxylic acids is 1. The molecule has 0 saturated carbocycles. The van der Waals surface area contributed by atoms with Gasteiger partial charge in [-0.1, -0.05) is 74.5 Å². The van der Waals surface area contributed by atoms with Crippen molar-refractivity contribution in [1.29, 1.82) is 0 Å². The zero-order chi connectivity index (χ0) is 22.7. The van der Waals surface area contributed by atoms with Crippen LogP contribution < -0.4 is 5.73 Å².